The predicted molar refractivity (Wildman–Crippen MR) is 79.4 cm³/mol. The molecule has 3 rings (SSSR count). The highest BCUT2D eigenvalue weighted by atomic mass is 16.5. The molecule has 102 valence electrons. The van der Waals surface area contributed by atoms with Crippen LogP contribution in [0.25, 0.3) is 0 Å². The van der Waals surface area contributed by atoms with Crippen LogP contribution >= 0.6 is 0 Å². The van der Waals surface area contributed by atoms with Crippen molar-refractivity contribution in [2.24, 2.45) is 0 Å². The highest BCUT2D eigenvalue weighted by molar-refractivity contribution is 5.36. The molecule has 0 radical (unpaired) electrons. The van der Waals surface area contributed by atoms with E-state index in [4.69, 9.17) is 4.74 Å². The molecule has 2 aromatic rings. The van der Waals surface area contributed by atoms with Gasteiger partial charge < -0.3 is 9.84 Å². The van der Waals surface area contributed by atoms with Crippen LogP contribution in [-0.4, -0.2) is 17.8 Å². The Bertz CT molecular complexity index is 535. The summed E-state index contributed by atoms with van der Waals surface area (Å²) >= 11 is 0. The van der Waals surface area contributed by atoms with Crippen LogP contribution in [0.15, 0.2) is 72.5 Å². The van der Waals surface area contributed by atoms with E-state index in [0.717, 1.165) is 17.5 Å². The lowest BCUT2D eigenvalue weighted by molar-refractivity contribution is 0.107. The Morgan fingerprint density at radius 1 is 0.850 bits per heavy atom. The number of aliphatic hydroxyl groups excluding tert-OH is 1. The normalized spacial score (nSPS) is 15.8. The third kappa shape index (κ3) is 2.61. The van der Waals surface area contributed by atoms with E-state index < -0.39 is 6.10 Å². The molecule has 0 aromatic heterocycles. The zero-order chi connectivity index (χ0) is 13.8. The number of aliphatic hydroxyl groups is 1. The molecule has 0 amide bonds. The Morgan fingerprint density at radius 2 is 1.40 bits per heavy atom. The molecule has 0 bridgehead atoms. The molecule has 1 aliphatic heterocycles. The summed E-state index contributed by atoms with van der Waals surface area (Å²) < 4.78 is 5.55. The quantitative estimate of drug-likeness (QED) is 0.918. The first kappa shape index (κ1) is 12.9. The molecular formula is C18H18O2. The number of ether oxygens (including phenoxy) is 1. The third-order valence-corrected chi connectivity index (χ3v) is 3.66. The fourth-order valence-corrected chi connectivity index (χ4v) is 2.69. The van der Waals surface area contributed by atoms with E-state index >= 15 is 0 Å². The molecular weight excluding hydrogens is 248 g/mol. The van der Waals surface area contributed by atoms with Crippen molar-refractivity contribution in [1.29, 1.82) is 0 Å². The monoisotopic (exact) mass is 266 g/mol. The summed E-state index contributed by atoms with van der Waals surface area (Å²) in [5.41, 5.74) is 2.20. The Labute approximate surface area is 119 Å². The van der Waals surface area contributed by atoms with Gasteiger partial charge in [0.2, 0.25) is 0 Å². The highest BCUT2D eigenvalue weighted by Crippen LogP contribution is 2.32. The van der Waals surface area contributed by atoms with E-state index in [1.165, 1.54) is 0 Å². The van der Waals surface area contributed by atoms with Gasteiger partial charge in [0, 0.05) is 12.3 Å². The lowest BCUT2D eigenvalue weighted by atomic mass is 9.86. The van der Waals surface area contributed by atoms with Crippen molar-refractivity contribution in [1.82, 2.24) is 0 Å². The Kier molecular flexibility index (Phi) is 3.84. The van der Waals surface area contributed by atoms with Crippen molar-refractivity contribution in [3.05, 3.63) is 83.6 Å². The van der Waals surface area contributed by atoms with Crippen molar-refractivity contribution in [3.63, 3.8) is 0 Å². The molecule has 0 fully saturated rings. The van der Waals surface area contributed by atoms with Crippen LogP contribution in [0.4, 0.5) is 0 Å². The first-order chi connectivity index (χ1) is 9.86. The minimum atomic E-state index is -0.637. The van der Waals surface area contributed by atoms with Crippen molar-refractivity contribution in [2.45, 2.75) is 18.4 Å². The van der Waals surface area contributed by atoms with E-state index in [1.54, 1.807) is 0 Å². The van der Waals surface area contributed by atoms with Gasteiger partial charge in [0.05, 0.1) is 6.61 Å². The molecule has 0 saturated carbocycles. The molecule has 1 heterocycles. The van der Waals surface area contributed by atoms with E-state index in [0.29, 0.717) is 12.4 Å². The average molecular weight is 266 g/mol. The van der Waals surface area contributed by atoms with Crippen LogP contribution in [0.2, 0.25) is 0 Å². The second-order valence-electron chi connectivity index (χ2n) is 4.99. The highest BCUT2D eigenvalue weighted by Gasteiger charge is 2.28. The van der Waals surface area contributed by atoms with E-state index in [9.17, 15) is 5.11 Å². The number of hydrogen-bond acceptors (Lipinski definition) is 2. The van der Waals surface area contributed by atoms with Crippen LogP contribution in [0.3, 0.4) is 0 Å². The molecule has 1 aliphatic rings. The van der Waals surface area contributed by atoms with Gasteiger partial charge in [-0.15, -0.1) is 0 Å². The molecule has 0 saturated heterocycles. The fourth-order valence-electron chi connectivity index (χ4n) is 2.69. The zero-order valence-electron chi connectivity index (χ0n) is 11.3. The maximum Gasteiger partial charge on any atom is 0.122 e. The molecule has 1 atom stereocenters. The standard InChI is InChI=1S/C18H18O2/c19-18(16-12-7-13-20-16)17(14-8-3-1-4-9-14)15-10-5-2-6-11-15/h1-6,8-12,17-19H,7,13H2. The van der Waals surface area contributed by atoms with Crippen molar-refractivity contribution >= 4 is 0 Å². The van der Waals surface area contributed by atoms with Crippen molar-refractivity contribution < 1.29 is 9.84 Å². The molecule has 1 N–H and O–H groups in total. The smallest absolute Gasteiger partial charge is 0.122 e. The first-order valence-corrected chi connectivity index (χ1v) is 6.97. The largest absolute Gasteiger partial charge is 0.495 e. The van der Waals surface area contributed by atoms with Gasteiger partial charge in [-0.3, -0.25) is 0 Å². The van der Waals surface area contributed by atoms with Gasteiger partial charge in [0.25, 0.3) is 0 Å². The second kappa shape index (κ2) is 5.93. The minimum Gasteiger partial charge on any atom is -0.495 e. The summed E-state index contributed by atoms with van der Waals surface area (Å²) in [7, 11) is 0. The molecule has 0 aliphatic carbocycles. The van der Waals surface area contributed by atoms with E-state index in [2.05, 4.69) is 24.3 Å². The maximum absolute atomic E-state index is 10.7. The van der Waals surface area contributed by atoms with Crippen LogP contribution < -0.4 is 0 Å². The van der Waals surface area contributed by atoms with E-state index in [-0.39, 0.29) is 5.92 Å². The average Bonchev–Trinajstić information content (AvgIpc) is 3.04. The van der Waals surface area contributed by atoms with Crippen LogP contribution in [-0.2, 0) is 4.74 Å². The summed E-state index contributed by atoms with van der Waals surface area (Å²) in [6.07, 6.45) is 2.23. The molecule has 2 aromatic carbocycles. The van der Waals surface area contributed by atoms with Gasteiger partial charge in [-0.05, 0) is 17.2 Å². The van der Waals surface area contributed by atoms with Gasteiger partial charge in [0.1, 0.15) is 11.9 Å². The van der Waals surface area contributed by atoms with Crippen molar-refractivity contribution in [3.8, 4) is 0 Å². The molecule has 1 unspecified atom stereocenters. The molecule has 2 nitrogen and oxygen atoms in total. The lowest BCUT2D eigenvalue weighted by Gasteiger charge is -2.24. The molecule has 20 heavy (non-hydrogen) atoms. The van der Waals surface area contributed by atoms with Gasteiger partial charge in [-0.1, -0.05) is 60.7 Å². The number of hydrogen-bond donors (Lipinski definition) is 1. The summed E-state index contributed by atoms with van der Waals surface area (Å²) in [6, 6.07) is 20.2. The Hall–Kier alpha value is -2.06. The number of benzene rings is 2. The van der Waals surface area contributed by atoms with Crippen LogP contribution in [0.1, 0.15) is 23.5 Å². The summed E-state index contributed by atoms with van der Waals surface area (Å²) in [5.74, 6) is 0.601. The zero-order valence-corrected chi connectivity index (χ0v) is 11.3. The lowest BCUT2D eigenvalue weighted by Crippen LogP contribution is -2.22. The third-order valence-electron chi connectivity index (χ3n) is 3.66. The SMILES string of the molecule is OC(C1=CCCO1)C(c1ccccc1)c1ccccc1. The fraction of sp³-hybridized carbons (Fsp3) is 0.222. The summed E-state index contributed by atoms with van der Waals surface area (Å²) in [6.45, 7) is 0.669. The van der Waals surface area contributed by atoms with Gasteiger partial charge in [0.15, 0.2) is 0 Å². The van der Waals surface area contributed by atoms with Gasteiger partial charge >= 0.3 is 0 Å². The Morgan fingerprint density at radius 3 is 1.85 bits per heavy atom. The van der Waals surface area contributed by atoms with E-state index in [1.807, 2.05) is 42.5 Å². The first-order valence-electron chi connectivity index (χ1n) is 6.97. The van der Waals surface area contributed by atoms with Gasteiger partial charge in [-0.2, -0.15) is 0 Å². The van der Waals surface area contributed by atoms with Crippen molar-refractivity contribution in [2.75, 3.05) is 6.61 Å². The topological polar surface area (TPSA) is 29.5 Å². The molecule has 2 heteroatoms. The number of rotatable bonds is 4. The van der Waals surface area contributed by atoms with Crippen LogP contribution in [0, 0.1) is 0 Å². The van der Waals surface area contributed by atoms with Gasteiger partial charge in [-0.25, -0.2) is 0 Å². The maximum atomic E-state index is 10.7. The molecule has 0 spiro atoms. The minimum absolute atomic E-state index is 0.0956. The summed E-state index contributed by atoms with van der Waals surface area (Å²) in [5, 5.41) is 10.7. The second-order valence-corrected chi connectivity index (χ2v) is 4.99. The summed E-state index contributed by atoms with van der Waals surface area (Å²) in [4.78, 5) is 0. The predicted octanol–water partition coefficient (Wildman–Crippen LogP) is 3.48. The van der Waals surface area contributed by atoms with Crippen LogP contribution in [0.5, 0.6) is 0 Å². The Balaban J connectivity index is 2.00.